The van der Waals surface area contributed by atoms with Gasteiger partial charge in [0.25, 0.3) is 6.26 Å². The molecule has 3 aromatic rings. The van der Waals surface area contributed by atoms with Crippen LogP contribution < -0.4 is 20.9 Å². The van der Waals surface area contributed by atoms with Crippen molar-refractivity contribution in [2.45, 2.75) is 12.8 Å². The summed E-state index contributed by atoms with van der Waals surface area (Å²) in [5.41, 5.74) is 16.5. The minimum atomic E-state index is -0.431. The summed E-state index contributed by atoms with van der Waals surface area (Å²) >= 11 is 0. The van der Waals surface area contributed by atoms with Crippen molar-refractivity contribution in [1.29, 1.82) is 5.26 Å². The molecule has 0 aliphatic carbocycles. The van der Waals surface area contributed by atoms with E-state index in [0.29, 0.717) is 35.7 Å². The van der Waals surface area contributed by atoms with E-state index >= 15 is 0 Å². The second kappa shape index (κ2) is 11.3. The molecule has 0 heterocycles. The van der Waals surface area contributed by atoms with E-state index in [9.17, 15) is 4.79 Å². The molecule has 4 N–H and O–H groups in total. The second-order valence-electron chi connectivity index (χ2n) is 7.24. The molecule has 0 saturated heterocycles. The van der Waals surface area contributed by atoms with E-state index in [4.69, 9.17) is 30.9 Å². The van der Waals surface area contributed by atoms with E-state index < -0.39 is 5.97 Å². The van der Waals surface area contributed by atoms with Crippen LogP contribution in [0.2, 0.25) is 0 Å². The van der Waals surface area contributed by atoms with Crippen LogP contribution in [0.4, 0.5) is 11.4 Å². The SMILES string of the molecule is COc1cc(-c2ccc(OC#N)cc2)ccc1/C=C/C(=O)OCCCc1ccc(N)cc1N. The third-order valence-electron chi connectivity index (χ3n) is 4.99. The number of ether oxygens (including phenoxy) is 3. The number of nitriles is 1. The molecule has 0 radical (unpaired) electrons. The Labute approximate surface area is 192 Å². The fourth-order valence-corrected chi connectivity index (χ4v) is 3.28. The lowest BCUT2D eigenvalue weighted by Gasteiger charge is -2.09. The van der Waals surface area contributed by atoms with Gasteiger partial charge in [0, 0.05) is 23.0 Å². The summed E-state index contributed by atoms with van der Waals surface area (Å²) in [6.45, 7) is 0.286. The number of esters is 1. The van der Waals surface area contributed by atoms with Gasteiger partial charge in [0.15, 0.2) is 0 Å². The van der Waals surface area contributed by atoms with Crippen molar-refractivity contribution >= 4 is 23.4 Å². The van der Waals surface area contributed by atoms with Gasteiger partial charge in [0.2, 0.25) is 0 Å². The van der Waals surface area contributed by atoms with Crippen molar-refractivity contribution in [2.24, 2.45) is 0 Å². The van der Waals surface area contributed by atoms with Crippen LogP contribution in [0.15, 0.2) is 66.7 Å². The van der Waals surface area contributed by atoms with Crippen LogP contribution in [0, 0.1) is 11.5 Å². The molecular formula is C26H25N3O4. The van der Waals surface area contributed by atoms with Crippen LogP contribution >= 0.6 is 0 Å². The van der Waals surface area contributed by atoms with Crippen molar-refractivity contribution < 1.29 is 19.0 Å². The summed E-state index contributed by atoms with van der Waals surface area (Å²) in [6.07, 6.45) is 6.04. The summed E-state index contributed by atoms with van der Waals surface area (Å²) < 4.78 is 15.6. The molecule has 3 aromatic carbocycles. The molecule has 168 valence electrons. The number of nitrogens with two attached hydrogens (primary N) is 2. The van der Waals surface area contributed by atoms with Crippen LogP contribution in [0.3, 0.4) is 0 Å². The number of anilines is 2. The largest absolute Gasteiger partial charge is 0.496 e. The normalized spacial score (nSPS) is 10.5. The molecule has 0 bridgehead atoms. The Hall–Kier alpha value is -4.44. The van der Waals surface area contributed by atoms with Crippen LogP contribution in [0.25, 0.3) is 17.2 Å². The first kappa shape index (κ1) is 23.2. The highest BCUT2D eigenvalue weighted by Crippen LogP contribution is 2.29. The Balaban J connectivity index is 1.56. The fraction of sp³-hybridized carbons (Fsp3) is 0.154. The summed E-state index contributed by atoms with van der Waals surface area (Å²) in [5.74, 6) is 0.662. The first-order valence-corrected chi connectivity index (χ1v) is 10.3. The van der Waals surface area contributed by atoms with Gasteiger partial charge in [-0.25, -0.2) is 4.79 Å². The van der Waals surface area contributed by atoms with E-state index in [1.54, 1.807) is 43.7 Å². The first-order chi connectivity index (χ1) is 16.0. The number of methoxy groups -OCH3 is 1. The molecule has 3 rings (SSSR count). The van der Waals surface area contributed by atoms with Gasteiger partial charge in [-0.1, -0.05) is 30.3 Å². The lowest BCUT2D eigenvalue weighted by Crippen LogP contribution is -2.04. The summed E-state index contributed by atoms with van der Waals surface area (Å²) in [6, 6.07) is 18.2. The zero-order valence-corrected chi connectivity index (χ0v) is 18.3. The molecule has 0 spiro atoms. The third-order valence-corrected chi connectivity index (χ3v) is 4.99. The van der Waals surface area contributed by atoms with E-state index in [1.165, 1.54) is 6.08 Å². The van der Waals surface area contributed by atoms with Crippen molar-refractivity contribution in [3.8, 4) is 28.9 Å². The minimum absolute atomic E-state index is 0.286. The van der Waals surface area contributed by atoms with Crippen LogP contribution in [0.1, 0.15) is 17.5 Å². The second-order valence-corrected chi connectivity index (χ2v) is 7.24. The van der Waals surface area contributed by atoms with Gasteiger partial charge >= 0.3 is 5.97 Å². The van der Waals surface area contributed by atoms with Crippen LogP contribution in [0.5, 0.6) is 11.5 Å². The van der Waals surface area contributed by atoms with Gasteiger partial charge in [-0.3, -0.25) is 0 Å². The monoisotopic (exact) mass is 443 g/mol. The van der Waals surface area contributed by atoms with Gasteiger partial charge in [0.1, 0.15) is 11.5 Å². The Morgan fingerprint density at radius 1 is 1.03 bits per heavy atom. The molecule has 0 aliphatic heterocycles. The Morgan fingerprint density at radius 2 is 1.79 bits per heavy atom. The Morgan fingerprint density at radius 3 is 2.48 bits per heavy atom. The highest BCUT2D eigenvalue weighted by molar-refractivity contribution is 5.88. The Bertz CT molecular complexity index is 1180. The van der Waals surface area contributed by atoms with Gasteiger partial charge < -0.3 is 25.7 Å². The van der Waals surface area contributed by atoms with Gasteiger partial charge in [0.05, 0.1) is 13.7 Å². The number of nitrogen functional groups attached to an aromatic ring is 2. The molecule has 33 heavy (non-hydrogen) atoms. The van der Waals surface area contributed by atoms with Crippen LogP contribution in [-0.4, -0.2) is 19.7 Å². The maximum atomic E-state index is 12.1. The van der Waals surface area contributed by atoms with Crippen molar-refractivity contribution in [3.63, 3.8) is 0 Å². The van der Waals surface area contributed by atoms with Crippen molar-refractivity contribution in [2.75, 3.05) is 25.2 Å². The molecule has 0 fully saturated rings. The number of hydrogen-bond acceptors (Lipinski definition) is 7. The van der Waals surface area contributed by atoms with Gasteiger partial charge in [-0.05, 0) is 65.9 Å². The smallest absolute Gasteiger partial charge is 0.330 e. The number of carbonyl (C=O) groups excluding carboxylic acids is 1. The van der Waals surface area contributed by atoms with E-state index in [0.717, 1.165) is 22.3 Å². The molecule has 0 atom stereocenters. The molecular weight excluding hydrogens is 418 g/mol. The predicted molar refractivity (Wildman–Crippen MR) is 128 cm³/mol. The topological polar surface area (TPSA) is 121 Å². The van der Waals surface area contributed by atoms with E-state index in [1.807, 2.05) is 36.4 Å². The standard InChI is InChI=1S/C26H25N3O4/c1-31-25-15-21(18-7-11-23(12-8-18)33-17-27)5-4-20(25)9-13-26(30)32-14-2-3-19-6-10-22(28)16-24(19)29/h4-13,15-16H,2-3,14,28-29H2,1H3/b13-9+. The van der Waals surface area contributed by atoms with Crippen molar-refractivity contribution in [1.82, 2.24) is 0 Å². The fourth-order valence-electron chi connectivity index (χ4n) is 3.28. The summed E-state index contributed by atoms with van der Waals surface area (Å²) in [7, 11) is 1.57. The lowest BCUT2D eigenvalue weighted by molar-refractivity contribution is -0.137. The maximum Gasteiger partial charge on any atom is 0.330 e. The zero-order chi connectivity index (χ0) is 23.6. The number of rotatable bonds is 9. The molecule has 7 nitrogen and oxygen atoms in total. The highest BCUT2D eigenvalue weighted by atomic mass is 16.5. The molecule has 0 aliphatic rings. The Kier molecular flexibility index (Phi) is 7.92. The molecule has 0 unspecified atom stereocenters. The zero-order valence-electron chi connectivity index (χ0n) is 18.3. The van der Waals surface area contributed by atoms with Gasteiger partial charge in [-0.15, -0.1) is 5.26 Å². The highest BCUT2D eigenvalue weighted by Gasteiger charge is 2.06. The molecule has 0 amide bonds. The molecule has 0 aromatic heterocycles. The minimum Gasteiger partial charge on any atom is -0.496 e. The number of carbonyl (C=O) groups is 1. The quantitative estimate of drug-likeness (QED) is 0.163. The number of benzene rings is 3. The molecule has 0 saturated carbocycles. The molecule has 7 heteroatoms. The lowest BCUT2D eigenvalue weighted by atomic mass is 10.0. The van der Waals surface area contributed by atoms with Gasteiger partial charge in [-0.2, -0.15) is 0 Å². The first-order valence-electron chi connectivity index (χ1n) is 10.3. The average molecular weight is 444 g/mol. The number of hydrogen-bond donors (Lipinski definition) is 2. The maximum absolute atomic E-state index is 12.1. The van der Waals surface area contributed by atoms with Crippen molar-refractivity contribution in [3.05, 3.63) is 77.9 Å². The number of nitrogens with zero attached hydrogens (tertiary/aromatic N) is 1. The third kappa shape index (κ3) is 6.52. The summed E-state index contributed by atoms with van der Waals surface area (Å²) in [4.78, 5) is 12.1. The number of aryl methyl sites for hydroxylation is 1. The van der Waals surface area contributed by atoms with E-state index in [-0.39, 0.29) is 6.61 Å². The summed E-state index contributed by atoms with van der Waals surface area (Å²) in [5, 5.41) is 8.58. The van der Waals surface area contributed by atoms with Crippen LogP contribution in [-0.2, 0) is 16.0 Å². The average Bonchev–Trinajstić information content (AvgIpc) is 2.82. The predicted octanol–water partition coefficient (Wildman–Crippen LogP) is 4.58. The van der Waals surface area contributed by atoms with E-state index in [2.05, 4.69) is 0 Å².